The van der Waals surface area contributed by atoms with E-state index in [0.29, 0.717) is 29.2 Å². The zero-order valence-corrected chi connectivity index (χ0v) is 19.4. The summed E-state index contributed by atoms with van der Waals surface area (Å²) in [4.78, 5) is 25.3. The van der Waals surface area contributed by atoms with Crippen molar-refractivity contribution in [3.8, 4) is 11.5 Å². The van der Waals surface area contributed by atoms with E-state index in [9.17, 15) is 9.59 Å². The summed E-state index contributed by atoms with van der Waals surface area (Å²) in [6.07, 6.45) is 4.90. The number of hydrazone groups is 1. The average molecular weight is 460 g/mol. The van der Waals surface area contributed by atoms with Crippen molar-refractivity contribution in [1.29, 1.82) is 0 Å². The summed E-state index contributed by atoms with van der Waals surface area (Å²) in [6.45, 7) is 2.86. The molecule has 0 bridgehead atoms. The average Bonchev–Trinajstić information content (AvgIpc) is 2.87. The largest absolute Gasteiger partial charge is 0.497 e. The fourth-order valence-corrected chi connectivity index (χ4v) is 3.14. The Bertz CT molecular complexity index is 1110. The van der Waals surface area contributed by atoms with Gasteiger partial charge < -0.3 is 14.8 Å². The Kier molecular flexibility index (Phi) is 9.22. The Morgan fingerprint density at radius 1 is 0.882 bits per heavy atom. The summed E-state index contributed by atoms with van der Waals surface area (Å²) in [5.41, 5.74) is 4.48. The number of hydrogen-bond acceptors (Lipinski definition) is 5. The van der Waals surface area contributed by atoms with Gasteiger partial charge in [0.2, 0.25) is 0 Å². The molecule has 0 aliphatic rings. The topological polar surface area (TPSA) is 89.0 Å². The van der Waals surface area contributed by atoms with Crippen LogP contribution in [0, 0.1) is 0 Å². The number of nitrogens with one attached hydrogen (secondary N) is 2. The highest BCUT2D eigenvalue weighted by Gasteiger charge is 2.14. The number of ether oxygens (including phenoxy) is 2. The molecule has 34 heavy (non-hydrogen) atoms. The van der Waals surface area contributed by atoms with E-state index in [0.717, 1.165) is 30.6 Å². The maximum absolute atomic E-state index is 12.7. The van der Waals surface area contributed by atoms with Crippen LogP contribution < -0.4 is 20.2 Å². The van der Waals surface area contributed by atoms with Gasteiger partial charge in [0.05, 0.1) is 31.2 Å². The third kappa shape index (κ3) is 7.20. The molecule has 7 heteroatoms. The van der Waals surface area contributed by atoms with Crippen LogP contribution in [0.25, 0.3) is 0 Å². The molecule has 3 rings (SSSR count). The van der Waals surface area contributed by atoms with Crippen LogP contribution in [-0.4, -0.2) is 31.7 Å². The van der Waals surface area contributed by atoms with E-state index in [-0.39, 0.29) is 5.91 Å². The highest BCUT2D eigenvalue weighted by Crippen LogP contribution is 2.18. The maximum Gasteiger partial charge on any atom is 0.273 e. The quantitative estimate of drug-likeness (QED) is 0.232. The van der Waals surface area contributed by atoms with E-state index in [1.807, 2.05) is 24.3 Å². The van der Waals surface area contributed by atoms with Crippen LogP contribution in [0.3, 0.4) is 0 Å². The number of amides is 2. The minimum Gasteiger partial charge on any atom is -0.497 e. The van der Waals surface area contributed by atoms with Gasteiger partial charge in [0.15, 0.2) is 0 Å². The van der Waals surface area contributed by atoms with Crippen LogP contribution in [0.1, 0.15) is 52.5 Å². The lowest BCUT2D eigenvalue weighted by Crippen LogP contribution is -2.21. The van der Waals surface area contributed by atoms with Crippen LogP contribution >= 0.6 is 0 Å². The van der Waals surface area contributed by atoms with E-state index in [1.54, 1.807) is 61.9 Å². The van der Waals surface area contributed by atoms with Gasteiger partial charge in [-0.3, -0.25) is 9.59 Å². The standard InChI is InChI=1S/C27H29N3O4/c1-3-4-7-18-34-23-14-10-20(11-15-23)19-28-30-27(32)24-8-5-6-9-25(24)29-26(31)21-12-16-22(33-2)17-13-21/h5-6,8-17,19H,3-4,7,18H2,1-2H3,(H,29,31)(H,30,32). The molecule has 0 heterocycles. The summed E-state index contributed by atoms with van der Waals surface area (Å²) in [5, 5.41) is 6.82. The molecular weight excluding hydrogens is 430 g/mol. The highest BCUT2D eigenvalue weighted by molar-refractivity contribution is 6.09. The third-order valence-electron chi connectivity index (χ3n) is 5.05. The fourth-order valence-electron chi connectivity index (χ4n) is 3.14. The predicted octanol–water partition coefficient (Wildman–Crippen LogP) is 5.28. The molecule has 0 atom stereocenters. The van der Waals surface area contributed by atoms with Gasteiger partial charge in [0.25, 0.3) is 11.8 Å². The van der Waals surface area contributed by atoms with Gasteiger partial charge in [-0.1, -0.05) is 31.9 Å². The van der Waals surface area contributed by atoms with Crippen molar-refractivity contribution in [3.05, 3.63) is 89.5 Å². The molecule has 0 aliphatic carbocycles. The predicted molar refractivity (Wildman–Crippen MR) is 134 cm³/mol. The molecule has 176 valence electrons. The second-order valence-electron chi connectivity index (χ2n) is 7.55. The number of unbranched alkanes of at least 4 members (excludes halogenated alkanes) is 2. The number of methoxy groups -OCH3 is 1. The highest BCUT2D eigenvalue weighted by atomic mass is 16.5. The summed E-state index contributed by atoms with van der Waals surface area (Å²) in [7, 11) is 1.56. The SMILES string of the molecule is CCCCCOc1ccc(C=NNC(=O)c2ccccc2NC(=O)c2ccc(OC)cc2)cc1. The molecule has 0 spiro atoms. The summed E-state index contributed by atoms with van der Waals surface area (Å²) >= 11 is 0. The Balaban J connectivity index is 1.57. The van der Waals surface area contributed by atoms with E-state index < -0.39 is 5.91 Å². The van der Waals surface area contributed by atoms with Crippen molar-refractivity contribution < 1.29 is 19.1 Å². The van der Waals surface area contributed by atoms with Crippen LogP contribution in [0.2, 0.25) is 0 Å². The second-order valence-corrected chi connectivity index (χ2v) is 7.55. The van der Waals surface area contributed by atoms with Gasteiger partial charge >= 0.3 is 0 Å². The van der Waals surface area contributed by atoms with Crippen LogP contribution in [0.15, 0.2) is 77.9 Å². The normalized spacial score (nSPS) is 10.6. The van der Waals surface area contributed by atoms with Crippen molar-refractivity contribution in [3.63, 3.8) is 0 Å². The van der Waals surface area contributed by atoms with Crippen molar-refractivity contribution in [2.24, 2.45) is 5.10 Å². The first-order chi connectivity index (χ1) is 16.6. The first-order valence-corrected chi connectivity index (χ1v) is 11.2. The number of anilines is 1. The maximum atomic E-state index is 12.7. The molecule has 2 N–H and O–H groups in total. The van der Waals surface area contributed by atoms with Gasteiger partial charge in [0.1, 0.15) is 11.5 Å². The van der Waals surface area contributed by atoms with Crippen molar-refractivity contribution >= 4 is 23.7 Å². The first-order valence-electron chi connectivity index (χ1n) is 11.2. The molecule has 0 aliphatic heterocycles. The molecule has 2 amide bonds. The summed E-state index contributed by atoms with van der Waals surface area (Å²) < 4.78 is 10.8. The lowest BCUT2D eigenvalue weighted by molar-refractivity contribution is 0.0956. The zero-order chi connectivity index (χ0) is 24.2. The van der Waals surface area contributed by atoms with Gasteiger partial charge in [-0.15, -0.1) is 0 Å². The minimum atomic E-state index is -0.433. The number of benzene rings is 3. The summed E-state index contributed by atoms with van der Waals surface area (Å²) in [6, 6.07) is 21.0. The molecule has 3 aromatic rings. The second kappa shape index (κ2) is 12.8. The molecule has 7 nitrogen and oxygen atoms in total. The van der Waals surface area contributed by atoms with Gasteiger partial charge in [0, 0.05) is 5.56 Å². The van der Waals surface area contributed by atoms with Gasteiger partial charge in [-0.2, -0.15) is 5.10 Å². The van der Waals surface area contributed by atoms with Gasteiger partial charge in [-0.25, -0.2) is 5.43 Å². The Morgan fingerprint density at radius 2 is 1.59 bits per heavy atom. The zero-order valence-electron chi connectivity index (χ0n) is 19.4. The number of rotatable bonds is 11. The number of carbonyl (C=O) groups is 2. The number of carbonyl (C=O) groups excluding carboxylic acids is 2. The molecule has 0 fully saturated rings. The van der Waals surface area contributed by atoms with E-state index in [4.69, 9.17) is 9.47 Å². The van der Waals surface area contributed by atoms with Gasteiger partial charge in [-0.05, 0) is 72.6 Å². The number of nitrogens with zero attached hydrogens (tertiary/aromatic N) is 1. The Labute approximate surface area is 199 Å². The molecule has 0 aromatic heterocycles. The Morgan fingerprint density at radius 3 is 2.29 bits per heavy atom. The molecule has 0 unspecified atom stereocenters. The molecule has 0 radical (unpaired) electrons. The molecule has 0 saturated carbocycles. The fraction of sp³-hybridized carbons (Fsp3) is 0.222. The molecule has 3 aromatic carbocycles. The van der Waals surface area contributed by atoms with E-state index in [1.165, 1.54) is 0 Å². The first kappa shape index (κ1) is 24.5. The lowest BCUT2D eigenvalue weighted by atomic mass is 10.1. The van der Waals surface area contributed by atoms with Crippen molar-refractivity contribution in [2.45, 2.75) is 26.2 Å². The van der Waals surface area contributed by atoms with Crippen LogP contribution in [0.4, 0.5) is 5.69 Å². The van der Waals surface area contributed by atoms with Crippen LogP contribution in [0.5, 0.6) is 11.5 Å². The van der Waals surface area contributed by atoms with E-state index in [2.05, 4.69) is 22.8 Å². The molecule has 0 saturated heterocycles. The molecular formula is C27H29N3O4. The van der Waals surface area contributed by atoms with Crippen LogP contribution in [-0.2, 0) is 0 Å². The van der Waals surface area contributed by atoms with Crippen molar-refractivity contribution in [2.75, 3.05) is 19.0 Å². The van der Waals surface area contributed by atoms with E-state index >= 15 is 0 Å². The number of hydrogen-bond donors (Lipinski definition) is 2. The lowest BCUT2D eigenvalue weighted by Gasteiger charge is -2.10. The monoisotopic (exact) mass is 459 g/mol. The Hall–Kier alpha value is -4.13. The minimum absolute atomic E-state index is 0.303. The number of para-hydroxylation sites is 1. The van der Waals surface area contributed by atoms with Crippen molar-refractivity contribution in [1.82, 2.24) is 5.43 Å². The summed E-state index contributed by atoms with van der Waals surface area (Å²) in [5.74, 6) is 0.698. The smallest absolute Gasteiger partial charge is 0.273 e. The third-order valence-corrected chi connectivity index (χ3v) is 5.05.